The highest BCUT2D eigenvalue weighted by Crippen LogP contribution is 2.43. The molecule has 0 bridgehead atoms. The highest BCUT2D eigenvalue weighted by molar-refractivity contribution is 7.47. The molecule has 9 heteroatoms. The molecule has 320 valence electrons. The van der Waals surface area contributed by atoms with Gasteiger partial charge in [-0.25, -0.2) is 4.57 Å². The summed E-state index contributed by atoms with van der Waals surface area (Å²) in [6.07, 6.45) is 44.0. The predicted molar refractivity (Wildman–Crippen MR) is 231 cm³/mol. The van der Waals surface area contributed by atoms with E-state index in [1.54, 1.807) is 6.08 Å². The Bertz CT molecular complexity index is 938. The fourth-order valence-corrected chi connectivity index (χ4v) is 7.24. The molecule has 3 atom stereocenters. The van der Waals surface area contributed by atoms with E-state index in [0.29, 0.717) is 17.4 Å². The van der Waals surface area contributed by atoms with Gasteiger partial charge >= 0.3 is 7.82 Å². The van der Waals surface area contributed by atoms with Gasteiger partial charge in [0, 0.05) is 6.42 Å². The van der Waals surface area contributed by atoms with E-state index in [4.69, 9.17) is 9.05 Å². The van der Waals surface area contributed by atoms with Gasteiger partial charge in [-0.1, -0.05) is 179 Å². The molecule has 0 fully saturated rings. The number of phosphoric ester groups is 1. The van der Waals surface area contributed by atoms with Crippen molar-refractivity contribution < 1.29 is 32.9 Å². The van der Waals surface area contributed by atoms with Crippen LogP contribution < -0.4 is 5.32 Å². The van der Waals surface area contributed by atoms with Crippen molar-refractivity contribution in [1.82, 2.24) is 5.32 Å². The molecule has 0 saturated heterocycles. The predicted octanol–water partition coefficient (Wildman–Crippen LogP) is 12.5. The van der Waals surface area contributed by atoms with Gasteiger partial charge in [-0.3, -0.25) is 13.8 Å². The summed E-state index contributed by atoms with van der Waals surface area (Å²) in [6, 6.07) is -0.844. The van der Waals surface area contributed by atoms with Gasteiger partial charge in [0.1, 0.15) is 13.2 Å². The van der Waals surface area contributed by atoms with Crippen molar-refractivity contribution in [2.75, 3.05) is 40.9 Å². The molecule has 0 saturated carbocycles. The maximum atomic E-state index is 12.8. The SMILES string of the molecule is CCCCCCCCCC/C=C/C(O)C(COP(=O)(O)OCC[N+](C)(C)C)NC(=O)CCCCCCCCC/C=C\CCCCCCCCCCCCC. The Labute approximate surface area is 334 Å². The molecule has 0 aromatic heterocycles. The largest absolute Gasteiger partial charge is 0.472 e. The van der Waals surface area contributed by atoms with Crippen LogP contribution >= 0.6 is 7.82 Å². The highest BCUT2D eigenvalue weighted by atomic mass is 31.2. The molecule has 0 rings (SSSR count). The Morgan fingerprint density at radius 3 is 1.43 bits per heavy atom. The maximum absolute atomic E-state index is 12.8. The van der Waals surface area contributed by atoms with Crippen molar-refractivity contribution in [3.63, 3.8) is 0 Å². The van der Waals surface area contributed by atoms with Gasteiger partial charge in [0.2, 0.25) is 5.91 Å². The van der Waals surface area contributed by atoms with Crippen molar-refractivity contribution in [3.05, 3.63) is 24.3 Å². The zero-order valence-electron chi connectivity index (χ0n) is 36.2. The normalized spacial score (nSPS) is 14.6. The van der Waals surface area contributed by atoms with Gasteiger partial charge in [-0.15, -0.1) is 0 Å². The van der Waals surface area contributed by atoms with E-state index in [-0.39, 0.29) is 19.1 Å². The monoisotopic (exact) mass is 786 g/mol. The Kier molecular flexibility index (Phi) is 36.8. The number of unbranched alkanes of at least 4 members (excludes halogenated alkanes) is 26. The first kappa shape index (κ1) is 53.0. The second-order valence-electron chi connectivity index (χ2n) is 16.8. The standard InChI is InChI=1S/C45H89N2O6P/c1-6-8-10-12-14-16-18-19-20-21-22-23-24-25-26-27-28-29-31-33-35-37-39-45(49)46-43(42-53-54(50,51)52-41-40-47(3,4)5)44(48)38-36-34-32-30-17-15-13-11-9-7-2/h24-25,36,38,43-44,48H,6-23,26-35,37,39-42H2,1-5H3,(H-,46,49,50,51)/p+1/b25-24-,38-36+. The molecule has 0 aromatic rings. The van der Waals surface area contributed by atoms with Crippen LogP contribution in [0, 0.1) is 0 Å². The lowest BCUT2D eigenvalue weighted by molar-refractivity contribution is -0.870. The van der Waals surface area contributed by atoms with Gasteiger partial charge in [-0.2, -0.15) is 0 Å². The van der Waals surface area contributed by atoms with Crippen LogP contribution in [0.1, 0.15) is 206 Å². The van der Waals surface area contributed by atoms with Crippen LogP contribution in [0.25, 0.3) is 0 Å². The number of aliphatic hydroxyl groups excluding tert-OH is 1. The fraction of sp³-hybridized carbons (Fsp3) is 0.889. The molecular weight excluding hydrogens is 695 g/mol. The summed E-state index contributed by atoms with van der Waals surface area (Å²) in [4.78, 5) is 23.1. The number of quaternary nitrogens is 1. The van der Waals surface area contributed by atoms with Crippen molar-refractivity contribution >= 4 is 13.7 Å². The molecule has 0 aromatic carbocycles. The Hall–Kier alpha value is -1.02. The first-order valence-electron chi connectivity index (χ1n) is 22.7. The van der Waals surface area contributed by atoms with E-state index in [9.17, 15) is 19.4 Å². The summed E-state index contributed by atoms with van der Waals surface area (Å²) in [5, 5.41) is 13.8. The summed E-state index contributed by atoms with van der Waals surface area (Å²) in [5.41, 5.74) is 0. The average Bonchev–Trinajstić information content (AvgIpc) is 3.12. The Morgan fingerprint density at radius 1 is 0.611 bits per heavy atom. The first-order chi connectivity index (χ1) is 26.0. The maximum Gasteiger partial charge on any atom is 0.472 e. The quantitative estimate of drug-likeness (QED) is 0.0247. The third kappa shape index (κ3) is 39.2. The average molecular weight is 786 g/mol. The summed E-state index contributed by atoms with van der Waals surface area (Å²) in [7, 11) is 1.57. The van der Waals surface area contributed by atoms with Gasteiger partial charge in [-0.05, 0) is 44.9 Å². The molecule has 3 unspecified atom stereocenters. The number of carbonyl (C=O) groups is 1. The minimum atomic E-state index is -4.33. The Balaban J connectivity index is 4.26. The van der Waals surface area contributed by atoms with Crippen LogP contribution in [0.4, 0.5) is 0 Å². The molecule has 0 aliphatic heterocycles. The van der Waals surface area contributed by atoms with E-state index in [2.05, 4.69) is 31.3 Å². The van der Waals surface area contributed by atoms with Crippen molar-refractivity contribution in [2.24, 2.45) is 0 Å². The molecule has 0 aliphatic rings. The van der Waals surface area contributed by atoms with Gasteiger partial charge < -0.3 is 19.8 Å². The zero-order chi connectivity index (χ0) is 40.0. The minimum absolute atomic E-state index is 0.0614. The summed E-state index contributed by atoms with van der Waals surface area (Å²) in [6.45, 7) is 4.79. The molecule has 1 amide bonds. The first-order valence-corrected chi connectivity index (χ1v) is 24.2. The number of nitrogens with zero attached hydrogens (tertiary/aromatic N) is 1. The van der Waals surface area contributed by atoms with Crippen LogP contribution in [-0.4, -0.2) is 73.4 Å². The summed E-state index contributed by atoms with van der Waals surface area (Å²) < 4.78 is 23.5. The smallest absolute Gasteiger partial charge is 0.387 e. The second-order valence-corrected chi connectivity index (χ2v) is 18.2. The van der Waals surface area contributed by atoms with E-state index in [1.807, 2.05) is 27.2 Å². The number of hydrogen-bond donors (Lipinski definition) is 3. The fourth-order valence-electron chi connectivity index (χ4n) is 6.51. The molecule has 0 spiro atoms. The Morgan fingerprint density at radius 2 is 1.00 bits per heavy atom. The number of nitrogens with one attached hydrogen (secondary N) is 1. The third-order valence-corrected chi connectivity index (χ3v) is 11.1. The molecule has 0 aliphatic carbocycles. The second kappa shape index (κ2) is 37.6. The minimum Gasteiger partial charge on any atom is -0.387 e. The number of phosphoric acid groups is 1. The summed E-state index contributed by atoms with van der Waals surface area (Å²) >= 11 is 0. The number of rotatable bonds is 41. The van der Waals surface area contributed by atoms with Gasteiger partial charge in [0.15, 0.2) is 0 Å². The number of allylic oxidation sites excluding steroid dienone is 3. The topological polar surface area (TPSA) is 105 Å². The molecular formula is C45H90N2O6P+. The molecule has 54 heavy (non-hydrogen) atoms. The lowest BCUT2D eigenvalue weighted by Gasteiger charge is -2.25. The van der Waals surface area contributed by atoms with Crippen molar-refractivity contribution in [3.8, 4) is 0 Å². The van der Waals surface area contributed by atoms with Crippen molar-refractivity contribution in [1.29, 1.82) is 0 Å². The lowest BCUT2D eigenvalue weighted by Crippen LogP contribution is -2.45. The van der Waals surface area contributed by atoms with E-state index in [1.165, 1.54) is 148 Å². The van der Waals surface area contributed by atoms with E-state index in [0.717, 1.165) is 38.5 Å². The lowest BCUT2D eigenvalue weighted by atomic mass is 10.0. The van der Waals surface area contributed by atoms with Gasteiger partial charge in [0.05, 0.1) is 39.9 Å². The van der Waals surface area contributed by atoms with Gasteiger partial charge in [0.25, 0.3) is 0 Å². The zero-order valence-corrected chi connectivity index (χ0v) is 37.1. The number of amides is 1. The van der Waals surface area contributed by atoms with Crippen molar-refractivity contribution in [2.45, 2.75) is 219 Å². The number of hydrogen-bond acceptors (Lipinski definition) is 5. The third-order valence-electron chi connectivity index (χ3n) is 10.2. The number of aliphatic hydroxyl groups is 1. The van der Waals surface area contributed by atoms with Crippen LogP contribution in [-0.2, 0) is 18.4 Å². The van der Waals surface area contributed by atoms with Crippen LogP contribution in [0.15, 0.2) is 24.3 Å². The number of likely N-dealkylation sites (N-methyl/N-ethyl adjacent to an activating group) is 1. The van der Waals surface area contributed by atoms with Crippen LogP contribution in [0.5, 0.6) is 0 Å². The molecule has 0 radical (unpaired) electrons. The number of carbonyl (C=O) groups excluding carboxylic acids is 1. The van der Waals surface area contributed by atoms with E-state index >= 15 is 0 Å². The summed E-state index contributed by atoms with van der Waals surface area (Å²) in [5.74, 6) is -0.183. The van der Waals surface area contributed by atoms with Crippen LogP contribution in [0.2, 0.25) is 0 Å². The van der Waals surface area contributed by atoms with Crippen LogP contribution in [0.3, 0.4) is 0 Å². The molecule has 0 heterocycles. The molecule has 8 nitrogen and oxygen atoms in total. The highest BCUT2D eigenvalue weighted by Gasteiger charge is 2.27. The van der Waals surface area contributed by atoms with E-state index < -0.39 is 20.0 Å². The molecule has 3 N–H and O–H groups in total.